The zero-order chi connectivity index (χ0) is 14.4. The molecule has 0 bridgehead atoms. The van der Waals surface area contributed by atoms with Crippen LogP contribution in [0.5, 0.6) is 0 Å². The number of carbonyl (C=O) groups is 1. The molecular weight excluding hydrogens is 255 g/mol. The summed E-state index contributed by atoms with van der Waals surface area (Å²) in [5.74, 6) is -2.63. The van der Waals surface area contributed by atoms with Crippen molar-refractivity contribution in [3.05, 3.63) is 39.7 Å². The number of benzene rings is 1. The van der Waals surface area contributed by atoms with Crippen molar-refractivity contribution in [2.75, 3.05) is 6.61 Å². The summed E-state index contributed by atoms with van der Waals surface area (Å²) in [5, 5.41) is 19.7. The summed E-state index contributed by atoms with van der Waals surface area (Å²) in [4.78, 5) is 21.5. The van der Waals surface area contributed by atoms with Crippen molar-refractivity contribution in [1.29, 1.82) is 5.26 Å². The molecule has 0 fully saturated rings. The lowest BCUT2D eigenvalue weighted by Gasteiger charge is -2.08. The van der Waals surface area contributed by atoms with Gasteiger partial charge < -0.3 is 4.74 Å². The second kappa shape index (κ2) is 6.44. The van der Waals surface area contributed by atoms with Crippen molar-refractivity contribution in [3.63, 3.8) is 0 Å². The Morgan fingerprint density at radius 3 is 2.84 bits per heavy atom. The van der Waals surface area contributed by atoms with E-state index in [4.69, 9.17) is 5.26 Å². The molecule has 0 heterocycles. The third-order valence-corrected chi connectivity index (χ3v) is 2.39. The van der Waals surface area contributed by atoms with Gasteiger partial charge in [0.1, 0.15) is 11.7 Å². The van der Waals surface area contributed by atoms with Crippen LogP contribution < -0.4 is 0 Å². The third-order valence-electron chi connectivity index (χ3n) is 2.39. The van der Waals surface area contributed by atoms with E-state index in [2.05, 4.69) is 4.74 Å². The second-order valence-electron chi connectivity index (χ2n) is 3.67. The maximum absolute atomic E-state index is 13.1. The molecule has 0 aromatic heterocycles. The number of nitriles is 1. The van der Waals surface area contributed by atoms with Crippen molar-refractivity contribution in [2.45, 2.75) is 13.3 Å². The van der Waals surface area contributed by atoms with Crippen molar-refractivity contribution in [1.82, 2.24) is 0 Å². The van der Waals surface area contributed by atoms with Crippen molar-refractivity contribution in [3.8, 4) is 6.07 Å². The number of esters is 1. The van der Waals surface area contributed by atoms with E-state index in [1.54, 1.807) is 13.0 Å². The molecule has 0 saturated carbocycles. The molecule has 0 saturated heterocycles. The molecule has 100 valence electrons. The van der Waals surface area contributed by atoms with Crippen LogP contribution in [0.4, 0.5) is 10.1 Å². The highest BCUT2D eigenvalue weighted by atomic mass is 19.1. The van der Waals surface area contributed by atoms with Crippen molar-refractivity contribution in [2.24, 2.45) is 5.92 Å². The van der Waals surface area contributed by atoms with E-state index in [-0.39, 0.29) is 24.3 Å². The lowest BCUT2D eigenvalue weighted by atomic mass is 9.99. The van der Waals surface area contributed by atoms with Crippen LogP contribution in [0.3, 0.4) is 0 Å². The Morgan fingerprint density at radius 2 is 2.32 bits per heavy atom. The Hall–Kier alpha value is -2.49. The quantitative estimate of drug-likeness (QED) is 0.461. The number of ether oxygens (including phenoxy) is 1. The number of carbonyl (C=O) groups excluding carboxylic acids is 1. The van der Waals surface area contributed by atoms with E-state index in [1.807, 2.05) is 0 Å². The average Bonchev–Trinajstić information content (AvgIpc) is 2.35. The monoisotopic (exact) mass is 266 g/mol. The zero-order valence-corrected chi connectivity index (χ0v) is 10.1. The van der Waals surface area contributed by atoms with Crippen LogP contribution in [0.15, 0.2) is 18.2 Å². The summed E-state index contributed by atoms with van der Waals surface area (Å²) in [6, 6.07) is 4.60. The first-order chi connectivity index (χ1) is 8.99. The van der Waals surface area contributed by atoms with Crippen LogP contribution in [-0.4, -0.2) is 17.5 Å². The molecule has 7 heteroatoms. The standard InChI is InChI=1S/C12H11FN2O4/c1-2-19-12(16)9(7-14)5-8-6-10(13)3-4-11(8)15(17)18/h3-4,6,9H,2,5H2,1H3. The van der Waals surface area contributed by atoms with Gasteiger partial charge in [-0.1, -0.05) is 0 Å². The smallest absolute Gasteiger partial charge is 0.323 e. The number of hydrogen-bond donors (Lipinski definition) is 0. The molecule has 1 unspecified atom stereocenters. The fraction of sp³-hybridized carbons (Fsp3) is 0.333. The van der Waals surface area contributed by atoms with E-state index in [0.29, 0.717) is 0 Å². The fourth-order valence-electron chi connectivity index (χ4n) is 1.54. The molecule has 1 aromatic rings. The first-order valence-corrected chi connectivity index (χ1v) is 5.48. The number of nitrogens with zero attached hydrogens (tertiary/aromatic N) is 2. The predicted octanol–water partition coefficient (Wildman–Crippen LogP) is 1.98. The zero-order valence-electron chi connectivity index (χ0n) is 10.1. The summed E-state index contributed by atoms with van der Waals surface area (Å²) in [6.45, 7) is 1.68. The highest BCUT2D eigenvalue weighted by Crippen LogP contribution is 2.23. The van der Waals surface area contributed by atoms with Crippen LogP contribution in [0.2, 0.25) is 0 Å². The van der Waals surface area contributed by atoms with Gasteiger partial charge in [-0.3, -0.25) is 14.9 Å². The minimum absolute atomic E-state index is 0.00963. The molecule has 6 nitrogen and oxygen atoms in total. The number of nitro benzene ring substituents is 1. The Balaban J connectivity index is 3.03. The van der Waals surface area contributed by atoms with Gasteiger partial charge in [0, 0.05) is 18.1 Å². The number of hydrogen-bond acceptors (Lipinski definition) is 5. The van der Waals surface area contributed by atoms with Crippen LogP contribution in [0.25, 0.3) is 0 Å². The third kappa shape index (κ3) is 3.74. The Morgan fingerprint density at radius 1 is 1.63 bits per heavy atom. The summed E-state index contributed by atoms with van der Waals surface area (Å²) >= 11 is 0. The van der Waals surface area contributed by atoms with Gasteiger partial charge in [-0.2, -0.15) is 5.26 Å². The summed E-state index contributed by atoms with van der Waals surface area (Å²) in [7, 11) is 0. The molecule has 19 heavy (non-hydrogen) atoms. The summed E-state index contributed by atoms with van der Waals surface area (Å²) in [6.07, 6.45) is -0.261. The minimum atomic E-state index is -1.19. The first-order valence-electron chi connectivity index (χ1n) is 5.48. The number of rotatable bonds is 5. The second-order valence-corrected chi connectivity index (χ2v) is 3.67. The lowest BCUT2D eigenvalue weighted by molar-refractivity contribution is -0.385. The van der Waals surface area contributed by atoms with Crippen LogP contribution in [0.1, 0.15) is 12.5 Å². The van der Waals surface area contributed by atoms with Gasteiger partial charge in [0.15, 0.2) is 0 Å². The van der Waals surface area contributed by atoms with Gasteiger partial charge in [-0.25, -0.2) is 4.39 Å². The molecule has 1 rings (SSSR count). The van der Waals surface area contributed by atoms with E-state index in [1.165, 1.54) is 0 Å². The van der Waals surface area contributed by atoms with Gasteiger partial charge in [-0.15, -0.1) is 0 Å². The maximum Gasteiger partial charge on any atom is 0.323 e. The molecule has 0 aliphatic heterocycles. The molecule has 0 aliphatic carbocycles. The molecule has 0 N–H and O–H groups in total. The van der Waals surface area contributed by atoms with Crippen LogP contribution >= 0.6 is 0 Å². The van der Waals surface area contributed by atoms with Crippen LogP contribution in [-0.2, 0) is 16.0 Å². The SMILES string of the molecule is CCOC(=O)C(C#N)Cc1cc(F)ccc1[N+](=O)[O-]. The number of nitro groups is 1. The van der Waals surface area contributed by atoms with E-state index in [9.17, 15) is 19.3 Å². The normalized spacial score (nSPS) is 11.4. The van der Waals surface area contributed by atoms with E-state index < -0.39 is 22.6 Å². The predicted molar refractivity (Wildman–Crippen MR) is 62.5 cm³/mol. The average molecular weight is 266 g/mol. The Labute approximate surface area is 108 Å². The largest absolute Gasteiger partial charge is 0.465 e. The van der Waals surface area contributed by atoms with Crippen molar-refractivity contribution >= 4 is 11.7 Å². The molecular formula is C12H11FN2O4. The van der Waals surface area contributed by atoms with Crippen molar-refractivity contribution < 1.29 is 18.8 Å². The van der Waals surface area contributed by atoms with Gasteiger partial charge in [-0.05, 0) is 19.1 Å². The highest BCUT2D eigenvalue weighted by molar-refractivity contribution is 5.75. The molecule has 0 amide bonds. The van der Waals surface area contributed by atoms with Crippen LogP contribution in [0, 0.1) is 33.2 Å². The summed E-state index contributed by atoms with van der Waals surface area (Å²) < 4.78 is 17.8. The van der Waals surface area contributed by atoms with Gasteiger partial charge >= 0.3 is 5.97 Å². The maximum atomic E-state index is 13.1. The van der Waals surface area contributed by atoms with E-state index in [0.717, 1.165) is 18.2 Å². The van der Waals surface area contributed by atoms with E-state index >= 15 is 0 Å². The molecule has 1 aromatic carbocycles. The topological polar surface area (TPSA) is 93.2 Å². The highest BCUT2D eigenvalue weighted by Gasteiger charge is 2.24. The summed E-state index contributed by atoms with van der Waals surface area (Å²) in [5.41, 5.74) is -0.337. The molecule has 0 spiro atoms. The Bertz CT molecular complexity index is 539. The molecule has 0 radical (unpaired) electrons. The molecule has 1 atom stereocenters. The molecule has 0 aliphatic rings. The Kier molecular flexibility index (Phi) is 4.94. The minimum Gasteiger partial charge on any atom is -0.465 e. The van der Waals surface area contributed by atoms with Gasteiger partial charge in [0.2, 0.25) is 0 Å². The first kappa shape index (κ1) is 14.6. The van der Waals surface area contributed by atoms with Gasteiger partial charge in [0.25, 0.3) is 5.69 Å². The fourth-order valence-corrected chi connectivity index (χ4v) is 1.54. The number of halogens is 1. The lowest BCUT2D eigenvalue weighted by Crippen LogP contribution is -2.19. The van der Waals surface area contributed by atoms with Gasteiger partial charge in [0.05, 0.1) is 17.6 Å².